The second kappa shape index (κ2) is 11.4. The molecule has 0 aliphatic rings. The molecule has 0 aliphatic heterocycles. The Bertz CT molecular complexity index is 1250. The number of imidazole rings is 1. The molecule has 0 radical (unpaired) electrons. The lowest BCUT2D eigenvalue weighted by Gasteiger charge is -2.21. The largest absolute Gasteiger partial charge is 0.367 e. The van der Waals surface area contributed by atoms with Gasteiger partial charge in [-0.25, -0.2) is 9.82 Å². The lowest BCUT2D eigenvalue weighted by Crippen LogP contribution is -2.14. The van der Waals surface area contributed by atoms with Gasteiger partial charge in [-0.05, 0) is 42.0 Å². The number of ether oxygens (including phenoxy) is 1. The monoisotopic (exact) mass is 515 g/mol. The van der Waals surface area contributed by atoms with Crippen molar-refractivity contribution in [3.8, 4) is 6.01 Å². The van der Waals surface area contributed by atoms with E-state index >= 15 is 0 Å². The van der Waals surface area contributed by atoms with Gasteiger partial charge in [0.05, 0.1) is 6.61 Å². The standard InChI is InChI=1S/C24H19Cl2N3O4S/c25-18-8-11-21(22(26)16-18)23(32-15-14-28-13-12-27-24(28)33-29(30)31)17-6-9-20(10-7-17)34-19-4-2-1-3-5-19/h1-13,16,23H,14-15H2. The van der Waals surface area contributed by atoms with E-state index in [9.17, 15) is 10.1 Å². The van der Waals surface area contributed by atoms with E-state index < -0.39 is 11.2 Å². The van der Waals surface area contributed by atoms with Gasteiger partial charge in [0.2, 0.25) is 0 Å². The fourth-order valence-electron chi connectivity index (χ4n) is 3.31. The predicted molar refractivity (Wildman–Crippen MR) is 131 cm³/mol. The molecule has 174 valence electrons. The van der Waals surface area contributed by atoms with E-state index in [0.717, 1.165) is 20.9 Å². The van der Waals surface area contributed by atoms with Crippen LogP contribution in [0.25, 0.3) is 0 Å². The molecule has 0 aliphatic carbocycles. The summed E-state index contributed by atoms with van der Waals surface area (Å²) in [6.45, 7) is 0.529. The van der Waals surface area contributed by atoms with E-state index in [2.05, 4.69) is 22.0 Å². The van der Waals surface area contributed by atoms with Crippen molar-refractivity contribution >= 4 is 35.0 Å². The van der Waals surface area contributed by atoms with Crippen molar-refractivity contribution in [1.29, 1.82) is 0 Å². The highest BCUT2D eigenvalue weighted by molar-refractivity contribution is 7.99. The van der Waals surface area contributed by atoms with Crippen LogP contribution in [0.5, 0.6) is 6.01 Å². The van der Waals surface area contributed by atoms with Crippen molar-refractivity contribution in [3.63, 3.8) is 0 Å². The van der Waals surface area contributed by atoms with Crippen LogP contribution in [0.1, 0.15) is 17.2 Å². The van der Waals surface area contributed by atoms with Crippen LogP contribution in [0, 0.1) is 10.1 Å². The first-order valence-corrected chi connectivity index (χ1v) is 11.8. The Morgan fingerprint density at radius 2 is 1.76 bits per heavy atom. The molecule has 0 N–H and O–H groups in total. The first-order valence-electron chi connectivity index (χ1n) is 10.2. The molecular weight excluding hydrogens is 497 g/mol. The number of aromatic nitrogens is 2. The van der Waals surface area contributed by atoms with Gasteiger partial charge in [0.15, 0.2) is 0 Å². The Balaban J connectivity index is 1.52. The van der Waals surface area contributed by atoms with Gasteiger partial charge in [-0.15, -0.1) is 10.1 Å². The quantitative estimate of drug-likeness (QED) is 0.172. The summed E-state index contributed by atoms with van der Waals surface area (Å²) in [6.07, 6.45) is 2.54. The zero-order valence-electron chi connectivity index (χ0n) is 17.7. The maximum absolute atomic E-state index is 10.7. The van der Waals surface area contributed by atoms with Crippen LogP contribution in [-0.4, -0.2) is 21.2 Å². The Morgan fingerprint density at radius 3 is 2.47 bits per heavy atom. The molecule has 1 unspecified atom stereocenters. The molecule has 10 heteroatoms. The molecule has 7 nitrogen and oxygen atoms in total. The highest BCUT2D eigenvalue weighted by Gasteiger charge is 2.19. The van der Waals surface area contributed by atoms with Gasteiger partial charge in [-0.3, -0.25) is 0 Å². The zero-order chi connectivity index (χ0) is 23.9. The van der Waals surface area contributed by atoms with Crippen molar-refractivity contribution in [3.05, 3.63) is 116 Å². The van der Waals surface area contributed by atoms with Crippen molar-refractivity contribution in [1.82, 2.24) is 9.55 Å². The summed E-state index contributed by atoms with van der Waals surface area (Å²) in [7, 11) is 0. The maximum Gasteiger partial charge on any atom is 0.302 e. The number of hydrogen-bond donors (Lipinski definition) is 0. The third kappa shape index (κ3) is 6.30. The number of hydrogen-bond acceptors (Lipinski definition) is 6. The molecule has 4 aromatic rings. The van der Waals surface area contributed by atoms with E-state index in [1.807, 2.05) is 48.5 Å². The molecular formula is C24H19Cl2N3O4S. The van der Waals surface area contributed by atoms with Crippen LogP contribution in [-0.2, 0) is 11.3 Å². The van der Waals surface area contributed by atoms with E-state index in [0.29, 0.717) is 16.6 Å². The average Bonchev–Trinajstić information content (AvgIpc) is 3.25. The number of nitrogens with zero attached hydrogens (tertiary/aromatic N) is 3. The van der Waals surface area contributed by atoms with Gasteiger partial charge >= 0.3 is 5.09 Å². The van der Waals surface area contributed by atoms with Gasteiger partial charge < -0.3 is 9.30 Å². The normalized spacial score (nSPS) is 11.8. The summed E-state index contributed by atoms with van der Waals surface area (Å²) in [5.74, 6) is 0. The molecule has 0 bridgehead atoms. The fourth-order valence-corrected chi connectivity index (χ4v) is 4.66. The van der Waals surface area contributed by atoms with Gasteiger partial charge in [-0.1, -0.05) is 71.4 Å². The number of halogens is 2. The van der Waals surface area contributed by atoms with Crippen molar-refractivity contribution in [2.45, 2.75) is 22.4 Å². The molecule has 1 aromatic heterocycles. The molecule has 0 saturated heterocycles. The smallest absolute Gasteiger partial charge is 0.302 e. The molecule has 1 heterocycles. The molecule has 0 spiro atoms. The Labute approximate surface area is 210 Å². The molecule has 0 amide bonds. The van der Waals surface area contributed by atoms with Crippen molar-refractivity contribution < 1.29 is 14.7 Å². The molecule has 0 fully saturated rings. The third-order valence-electron chi connectivity index (χ3n) is 4.86. The van der Waals surface area contributed by atoms with E-state index in [1.54, 1.807) is 30.1 Å². The Kier molecular flexibility index (Phi) is 8.08. The summed E-state index contributed by atoms with van der Waals surface area (Å²) in [5.41, 5.74) is 1.68. The highest BCUT2D eigenvalue weighted by atomic mass is 35.5. The summed E-state index contributed by atoms with van der Waals surface area (Å²) in [4.78, 5) is 21.2. The van der Waals surface area contributed by atoms with E-state index in [1.165, 1.54) is 10.8 Å². The summed E-state index contributed by atoms with van der Waals surface area (Å²) >= 11 is 14.3. The van der Waals surface area contributed by atoms with E-state index in [-0.39, 0.29) is 12.6 Å². The topological polar surface area (TPSA) is 79.4 Å². The van der Waals surface area contributed by atoms with Gasteiger partial charge in [0.25, 0.3) is 6.01 Å². The molecule has 1 atom stereocenters. The molecule has 0 saturated carbocycles. The molecule has 4 rings (SSSR count). The Hall–Kier alpha value is -3.04. The molecule has 3 aromatic carbocycles. The first-order chi connectivity index (χ1) is 16.5. The Morgan fingerprint density at radius 1 is 1.03 bits per heavy atom. The predicted octanol–water partition coefficient (Wildman–Crippen LogP) is 6.72. The van der Waals surface area contributed by atoms with Gasteiger partial charge in [0, 0.05) is 44.3 Å². The number of benzene rings is 3. The highest BCUT2D eigenvalue weighted by Crippen LogP contribution is 2.35. The van der Waals surface area contributed by atoms with E-state index in [4.69, 9.17) is 27.9 Å². The second-order valence-electron chi connectivity index (χ2n) is 7.12. The van der Waals surface area contributed by atoms with Crippen LogP contribution in [0.15, 0.2) is 95.0 Å². The summed E-state index contributed by atoms with van der Waals surface area (Å²) < 4.78 is 7.72. The fraction of sp³-hybridized carbons (Fsp3) is 0.125. The number of rotatable bonds is 10. The van der Waals surface area contributed by atoms with Crippen molar-refractivity contribution in [2.75, 3.05) is 6.61 Å². The minimum absolute atomic E-state index is 0.114. The van der Waals surface area contributed by atoms with Gasteiger partial charge in [-0.2, -0.15) is 0 Å². The van der Waals surface area contributed by atoms with Crippen LogP contribution in [0.3, 0.4) is 0 Å². The minimum Gasteiger partial charge on any atom is -0.367 e. The zero-order valence-corrected chi connectivity index (χ0v) is 20.0. The van der Waals surface area contributed by atoms with Crippen LogP contribution >= 0.6 is 35.0 Å². The van der Waals surface area contributed by atoms with Crippen LogP contribution in [0.4, 0.5) is 0 Å². The minimum atomic E-state index is -0.898. The third-order valence-corrected chi connectivity index (χ3v) is 6.44. The lowest BCUT2D eigenvalue weighted by atomic mass is 10.0. The van der Waals surface area contributed by atoms with Crippen molar-refractivity contribution in [2.24, 2.45) is 0 Å². The first kappa shape index (κ1) is 24.1. The van der Waals surface area contributed by atoms with Gasteiger partial charge in [0.1, 0.15) is 6.10 Å². The summed E-state index contributed by atoms with van der Waals surface area (Å²) in [6, 6.07) is 23.3. The molecule has 34 heavy (non-hydrogen) atoms. The SMILES string of the molecule is O=[N+]([O-])Oc1nccn1CCOC(c1ccc(Sc2ccccc2)cc1)c1ccc(Cl)cc1Cl. The maximum atomic E-state index is 10.7. The summed E-state index contributed by atoms with van der Waals surface area (Å²) in [5, 5.41) is 10.8. The average molecular weight is 516 g/mol. The van der Waals surface area contributed by atoms with Crippen LogP contribution < -0.4 is 4.84 Å². The van der Waals surface area contributed by atoms with Crippen LogP contribution in [0.2, 0.25) is 10.0 Å². The second-order valence-corrected chi connectivity index (χ2v) is 9.11. The lowest BCUT2D eigenvalue weighted by molar-refractivity contribution is -0.713.